The summed E-state index contributed by atoms with van der Waals surface area (Å²) in [6, 6.07) is 12.8. The smallest absolute Gasteiger partial charge is 0.338 e. The largest absolute Gasteiger partial charge is 0.493 e. The molecule has 0 radical (unpaired) electrons. The summed E-state index contributed by atoms with van der Waals surface area (Å²) in [6.07, 6.45) is 0. The Morgan fingerprint density at radius 2 is 1.96 bits per heavy atom. The lowest BCUT2D eigenvalue weighted by molar-refractivity contribution is 0.0471. The number of aromatic nitrogens is 1. The minimum absolute atomic E-state index is 0.232. The summed E-state index contributed by atoms with van der Waals surface area (Å²) in [6.45, 7) is 2.56. The Morgan fingerprint density at radius 1 is 1.12 bits per heavy atom. The van der Waals surface area contributed by atoms with E-state index in [1.54, 1.807) is 23.7 Å². The highest BCUT2D eigenvalue weighted by Gasteiger charge is 2.13. The third kappa shape index (κ3) is 4.40. The minimum Gasteiger partial charge on any atom is -0.493 e. The zero-order valence-corrected chi connectivity index (χ0v) is 15.4. The maximum Gasteiger partial charge on any atom is 0.338 e. The Hall–Kier alpha value is -2.86. The lowest BCUT2D eigenvalue weighted by Crippen LogP contribution is -2.07. The van der Waals surface area contributed by atoms with E-state index in [1.807, 2.05) is 36.6 Å². The molecular weight excluding hydrogens is 350 g/mol. The molecule has 3 aromatic rings. The first-order chi connectivity index (χ1) is 12.7. The molecule has 0 saturated carbocycles. The van der Waals surface area contributed by atoms with Crippen molar-refractivity contribution >= 4 is 17.3 Å². The van der Waals surface area contributed by atoms with E-state index in [2.05, 4.69) is 4.98 Å². The Balaban J connectivity index is 1.66. The molecule has 1 aromatic heterocycles. The second-order valence-electron chi connectivity index (χ2n) is 5.64. The molecule has 0 amide bonds. The van der Waals surface area contributed by atoms with Crippen LogP contribution in [0.25, 0.3) is 0 Å². The van der Waals surface area contributed by atoms with Gasteiger partial charge in [0.1, 0.15) is 13.2 Å². The van der Waals surface area contributed by atoms with Gasteiger partial charge in [0.15, 0.2) is 11.5 Å². The maximum absolute atomic E-state index is 12.3. The molecule has 2 aromatic carbocycles. The van der Waals surface area contributed by atoms with Gasteiger partial charge in [-0.15, -0.1) is 11.3 Å². The molecule has 0 N–H and O–H groups in total. The maximum atomic E-state index is 12.3. The van der Waals surface area contributed by atoms with Crippen LogP contribution in [-0.4, -0.2) is 18.1 Å². The summed E-state index contributed by atoms with van der Waals surface area (Å²) >= 11 is 1.51. The molecule has 0 aliphatic heterocycles. The van der Waals surface area contributed by atoms with Crippen LogP contribution in [0.3, 0.4) is 0 Å². The van der Waals surface area contributed by atoms with Crippen molar-refractivity contribution in [2.24, 2.45) is 0 Å². The Bertz CT molecular complexity index is 877. The highest BCUT2D eigenvalue weighted by molar-refractivity contribution is 7.07. The van der Waals surface area contributed by atoms with E-state index >= 15 is 0 Å². The Morgan fingerprint density at radius 3 is 2.69 bits per heavy atom. The van der Waals surface area contributed by atoms with Crippen LogP contribution in [-0.2, 0) is 18.0 Å². The second-order valence-corrected chi connectivity index (χ2v) is 6.36. The molecule has 0 aliphatic rings. The fourth-order valence-corrected chi connectivity index (χ4v) is 2.92. The Kier molecular flexibility index (Phi) is 5.86. The van der Waals surface area contributed by atoms with Gasteiger partial charge in [-0.1, -0.05) is 24.3 Å². The van der Waals surface area contributed by atoms with Crippen LogP contribution in [0, 0.1) is 6.92 Å². The predicted molar refractivity (Wildman–Crippen MR) is 99.7 cm³/mol. The standard InChI is InChI=1S/C20H19NO4S/c1-14-5-3-4-6-16(14)10-25-20(22)15-7-8-18(19(9-15)23-2)24-11-17-12-26-13-21-17/h3-9,12-13H,10-11H2,1-2H3. The summed E-state index contributed by atoms with van der Waals surface area (Å²) in [4.78, 5) is 16.5. The summed E-state index contributed by atoms with van der Waals surface area (Å²) < 4.78 is 16.5. The van der Waals surface area contributed by atoms with Crippen molar-refractivity contribution in [2.45, 2.75) is 20.1 Å². The van der Waals surface area contributed by atoms with Crippen LogP contribution in [0.2, 0.25) is 0 Å². The molecule has 0 saturated heterocycles. The predicted octanol–water partition coefficient (Wildman–Crippen LogP) is 4.40. The van der Waals surface area contributed by atoms with Gasteiger partial charge in [-0.25, -0.2) is 9.78 Å². The molecular formula is C20H19NO4S. The fourth-order valence-electron chi connectivity index (χ4n) is 2.37. The Labute approximate surface area is 156 Å². The van der Waals surface area contributed by atoms with Gasteiger partial charge in [0, 0.05) is 5.38 Å². The number of hydrogen-bond donors (Lipinski definition) is 0. The summed E-state index contributed by atoms with van der Waals surface area (Å²) in [5.41, 5.74) is 5.08. The van der Waals surface area contributed by atoms with Gasteiger partial charge in [-0.05, 0) is 36.2 Å². The normalized spacial score (nSPS) is 10.4. The molecule has 6 heteroatoms. The van der Waals surface area contributed by atoms with Crippen LogP contribution in [0.4, 0.5) is 0 Å². The first-order valence-corrected chi connectivity index (χ1v) is 9.01. The number of thiazole rings is 1. The summed E-state index contributed by atoms with van der Waals surface area (Å²) in [7, 11) is 1.54. The molecule has 0 bridgehead atoms. The minimum atomic E-state index is -0.405. The molecule has 0 unspecified atom stereocenters. The van der Waals surface area contributed by atoms with E-state index in [0.717, 1.165) is 16.8 Å². The van der Waals surface area contributed by atoms with E-state index in [4.69, 9.17) is 14.2 Å². The third-order valence-electron chi connectivity index (χ3n) is 3.88. The topological polar surface area (TPSA) is 57.7 Å². The van der Waals surface area contributed by atoms with E-state index in [9.17, 15) is 4.79 Å². The van der Waals surface area contributed by atoms with Gasteiger partial charge in [-0.3, -0.25) is 0 Å². The van der Waals surface area contributed by atoms with E-state index in [-0.39, 0.29) is 6.61 Å². The zero-order chi connectivity index (χ0) is 18.4. The first-order valence-electron chi connectivity index (χ1n) is 8.07. The molecule has 0 aliphatic carbocycles. The third-order valence-corrected chi connectivity index (χ3v) is 4.51. The first kappa shape index (κ1) is 17.9. The van der Waals surface area contributed by atoms with Crippen molar-refractivity contribution in [3.63, 3.8) is 0 Å². The molecule has 0 fully saturated rings. The molecule has 0 spiro atoms. The molecule has 1 heterocycles. The van der Waals surface area contributed by atoms with Gasteiger partial charge in [0.05, 0.1) is 23.9 Å². The number of ether oxygens (including phenoxy) is 3. The average molecular weight is 369 g/mol. The van der Waals surface area contributed by atoms with Crippen LogP contribution in [0.15, 0.2) is 53.4 Å². The van der Waals surface area contributed by atoms with Gasteiger partial charge in [0.25, 0.3) is 0 Å². The molecule has 26 heavy (non-hydrogen) atoms. The van der Waals surface area contributed by atoms with Crippen molar-refractivity contribution < 1.29 is 19.0 Å². The van der Waals surface area contributed by atoms with Crippen LogP contribution in [0.5, 0.6) is 11.5 Å². The number of aryl methyl sites for hydroxylation is 1. The van der Waals surface area contributed by atoms with Gasteiger partial charge in [-0.2, -0.15) is 0 Å². The molecule has 3 rings (SSSR count). The zero-order valence-electron chi connectivity index (χ0n) is 14.6. The van der Waals surface area contributed by atoms with E-state index in [0.29, 0.717) is 23.7 Å². The van der Waals surface area contributed by atoms with Crippen LogP contribution >= 0.6 is 11.3 Å². The van der Waals surface area contributed by atoms with Crippen LogP contribution in [0.1, 0.15) is 27.2 Å². The lowest BCUT2D eigenvalue weighted by atomic mass is 10.1. The quantitative estimate of drug-likeness (QED) is 0.578. The monoisotopic (exact) mass is 369 g/mol. The summed E-state index contributed by atoms with van der Waals surface area (Å²) in [5.74, 6) is 0.624. The lowest BCUT2D eigenvalue weighted by Gasteiger charge is -2.12. The van der Waals surface area contributed by atoms with Gasteiger partial charge < -0.3 is 14.2 Å². The highest BCUT2D eigenvalue weighted by Crippen LogP contribution is 2.29. The van der Waals surface area contributed by atoms with Crippen molar-refractivity contribution in [1.29, 1.82) is 0 Å². The number of carbonyl (C=O) groups is 1. The average Bonchev–Trinajstić information content (AvgIpc) is 3.19. The van der Waals surface area contributed by atoms with Crippen molar-refractivity contribution in [1.82, 2.24) is 4.98 Å². The number of methoxy groups -OCH3 is 1. The van der Waals surface area contributed by atoms with E-state index in [1.165, 1.54) is 18.4 Å². The van der Waals surface area contributed by atoms with Crippen molar-refractivity contribution in [3.8, 4) is 11.5 Å². The molecule has 0 atom stereocenters. The van der Waals surface area contributed by atoms with E-state index < -0.39 is 5.97 Å². The van der Waals surface area contributed by atoms with Gasteiger partial charge in [0.2, 0.25) is 0 Å². The van der Waals surface area contributed by atoms with Gasteiger partial charge >= 0.3 is 5.97 Å². The number of rotatable bonds is 7. The molecule has 134 valence electrons. The highest BCUT2D eigenvalue weighted by atomic mass is 32.1. The number of nitrogens with zero attached hydrogens (tertiary/aromatic N) is 1. The second kappa shape index (κ2) is 8.49. The number of esters is 1. The fraction of sp³-hybridized carbons (Fsp3) is 0.200. The number of benzene rings is 2. The number of hydrogen-bond acceptors (Lipinski definition) is 6. The van der Waals surface area contributed by atoms with Crippen molar-refractivity contribution in [3.05, 3.63) is 75.7 Å². The SMILES string of the molecule is COc1cc(C(=O)OCc2ccccc2C)ccc1OCc1cscn1. The molecule has 5 nitrogen and oxygen atoms in total. The van der Waals surface area contributed by atoms with Crippen LogP contribution < -0.4 is 9.47 Å². The summed E-state index contributed by atoms with van der Waals surface area (Å²) in [5, 5.41) is 1.92. The number of carbonyl (C=O) groups excluding carboxylic acids is 1. The van der Waals surface area contributed by atoms with Crippen molar-refractivity contribution in [2.75, 3.05) is 7.11 Å².